The second-order valence-corrected chi connectivity index (χ2v) is 11.0. The van der Waals surface area contributed by atoms with Crippen LogP contribution in [0.4, 0.5) is 17.6 Å². The van der Waals surface area contributed by atoms with Crippen LogP contribution in [0.2, 0.25) is 0 Å². The molecule has 0 aliphatic carbocycles. The molecule has 2 aromatic carbocycles. The maximum absolute atomic E-state index is 14.7. The van der Waals surface area contributed by atoms with Gasteiger partial charge in [0, 0.05) is 4.57 Å². The van der Waals surface area contributed by atoms with Crippen molar-refractivity contribution >= 4 is 8.25 Å². The quantitative estimate of drug-likeness (QED) is 0.115. The highest BCUT2D eigenvalue weighted by Gasteiger charge is 2.54. The number of hydrogen-bond donors (Lipinski definition) is 2. The molecule has 2 aromatic rings. The van der Waals surface area contributed by atoms with Gasteiger partial charge in [-0.2, -0.15) is 17.6 Å². The molecule has 0 aliphatic rings. The van der Waals surface area contributed by atoms with Crippen LogP contribution in [0.5, 0.6) is 0 Å². The first-order valence-electron chi connectivity index (χ1n) is 14.1. The summed E-state index contributed by atoms with van der Waals surface area (Å²) in [6.45, 7) is 6.71. The van der Waals surface area contributed by atoms with Crippen molar-refractivity contribution in [2.24, 2.45) is 0 Å². The number of ether oxygens (including phenoxy) is 2. The third-order valence-electron chi connectivity index (χ3n) is 7.62. The van der Waals surface area contributed by atoms with Gasteiger partial charge in [0.15, 0.2) is 0 Å². The summed E-state index contributed by atoms with van der Waals surface area (Å²) < 4.78 is 90.7. The summed E-state index contributed by atoms with van der Waals surface area (Å²) in [4.78, 5) is 0. The van der Waals surface area contributed by atoms with Crippen molar-refractivity contribution in [3.05, 3.63) is 71.8 Å². The Morgan fingerprint density at radius 1 is 0.643 bits per heavy atom. The van der Waals surface area contributed by atoms with Gasteiger partial charge in [-0.15, -0.1) is 0 Å². The van der Waals surface area contributed by atoms with Gasteiger partial charge in [-0.05, 0) is 45.9 Å². The van der Waals surface area contributed by atoms with Gasteiger partial charge in [-0.3, -0.25) is 0 Å². The minimum absolute atomic E-state index is 0.0456. The van der Waals surface area contributed by atoms with Gasteiger partial charge in [0.05, 0.1) is 49.5 Å². The average Bonchev–Trinajstić information content (AvgIpc) is 2.94. The van der Waals surface area contributed by atoms with Gasteiger partial charge in [0.25, 0.3) is 0 Å². The zero-order chi connectivity index (χ0) is 31.4. The average molecular weight is 622 g/mol. The number of benzene rings is 2. The van der Waals surface area contributed by atoms with E-state index >= 15 is 0 Å². The molecule has 0 saturated heterocycles. The highest BCUT2D eigenvalue weighted by Crippen LogP contribution is 2.44. The van der Waals surface area contributed by atoms with Crippen molar-refractivity contribution in [1.29, 1.82) is 0 Å². The molecule has 236 valence electrons. The molecule has 2 N–H and O–H groups in total. The van der Waals surface area contributed by atoms with Crippen molar-refractivity contribution in [1.82, 2.24) is 0 Å². The fourth-order valence-electron chi connectivity index (χ4n) is 4.78. The van der Waals surface area contributed by atoms with Crippen LogP contribution in [0, 0.1) is 0 Å². The summed E-state index contributed by atoms with van der Waals surface area (Å²) in [5.74, 6) is 0. The van der Waals surface area contributed by atoms with E-state index in [4.69, 9.17) is 9.47 Å². The lowest BCUT2D eigenvalue weighted by molar-refractivity contribution is -0.247. The molecular weight excluding hydrogens is 579 g/mol. The molecule has 0 heterocycles. The third-order valence-corrected chi connectivity index (χ3v) is 8.46. The molecule has 0 aromatic heterocycles. The SMILES string of the molecule is CCC(CC)(OCc1ccccc1)C(O)CC(F)(F)O[P+](=O)OC(F)(F)CC(O)C(CC)(CC)OCc1ccccc1. The zero-order valence-corrected chi connectivity index (χ0v) is 25.4. The molecule has 2 rings (SSSR count). The molecule has 0 bridgehead atoms. The van der Waals surface area contributed by atoms with Crippen LogP contribution in [0.25, 0.3) is 0 Å². The van der Waals surface area contributed by atoms with E-state index in [9.17, 15) is 32.3 Å². The van der Waals surface area contributed by atoms with Crippen molar-refractivity contribution in [3.63, 3.8) is 0 Å². The van der Waals surface area contributed by atoms with Crippen molar-refractivity contribution in [3.8, 4) is 0 Å². The smallest absolute Gasteiger partial charge is 0.390 e. The second kappa shape index (κ2) is 16.2. The van der Waals surface area contributed by atoms with Gasteiger partial charge in [-0.1, -0.05) is 88.4 Å². The lowest BCUT2D eigenvalue weighted by atomic mass is 9.88. The maximum atomic E-state index is 14.7. The van der Waals surface area contributed by atoms with Crippen LogP contribution in [0.15, 0.2) is 60.7 Å². The molecule has 0 fully saturated rings. The summed E-state index contributed by atoms with van der Waals surface area (Å²) in [7, 11) is -4.05. The van der Waals surface area contributed by atoms with Crippen LogP contribution in [-0.4, -0.2) is 45.8 Å². The molecule has 2 unspecified atom stereocenters. The number of alkyl halides is 4. The Kier molecular flexibility index (Phi) is 14.0. The van der Waals surface area contributed by atoms with Gasteiger partial charge in [-0.25, -0.2) is 0 Å². The topological polar surface area (TPSA) is 94.5 Å². The van der Waals surface area contributed by atoms with E-state index in [0.717, 1.165) is 11.1 Å². The lowest BCUT2D eigenvalue weighted by Crippen LogP contribution is -2.47. The van der Waals surface area contributed by atoms with Crippen LogP contribution >= 0.6 is 8.25 Å². The molecule has 7 nitrogen and oxygen atoms in total. The van der Waals surface area contributed by atoms with E-state index in [1.54, 1.807) is 88.4 Å². The number of halogens is 4. The summed E-state index contributed by atoms with van der Waals surface area (Å²) in [6.07, 6.45) is -14.2. The lowest BCUT2D eigenvalue weighted by Gasteiger charge is -2.37. The van der Waals surface area contributed by atoms with Crippen molar-refractivity contribution in [2.75, 3.05) is 0 Å². The third kappa shape index (κ3) is 10.6. The Morgan fingerprint density at radius 3 is 1.24 bits per heavy atom. The Morgan fingerprint density at radius 2 is 0.952 bits per heavy atom. The predicted molar refractivity (Wildman–Crippen MR) is 150 cm³/mol. The number of aliphatic hydroxyl groups is 2. The van der Waals surface area contributed by atoms with Crippen LogP contribution in [-0.2, 0) is 36.3 Å². The van der Waals surface area contributed by atoms with E-state index in [-0.39, 0.29) is 38.9 Å². The largest absolute Gasteiger partial charge is 0.709 e. The molecule has 12 heteroatoms. The summed E-state index contributed by atoms with van der Waals surface area (Å²) in [5.41, 5.74) is -1.26. The fraction of sp³-hybridized carbons (Fsp3) is 0.600. The van der Waals surface area contributed by atoms with E-state index in [1.165, 1.54) is 0 Å². The summed E-state index contributed by atoms with van der Waals surface area (Å²) in [5, 5.41) is 21.4. The summed E-state index contributed by atoms with van der Waals surface area (Å²) in [6, 6.07) is 17.8. The first-order valence-corrected chi connectivity index (χ1v) is 15.2. The minimum Gasteiger partial charge on any atom is -0.390 e. The normalized spacial score (nSPS) is 15.0. The van der Waals surface area contributed by atoms with Gasteiger partial charge in [0.2, 0.25) is 0 Å². The van der Waals surface area contributed by atoms with E-state index in [0.29, 0.717) is 0 Å². The Bertz CT molecular complexity index is 984. The Hall–Kier alpha value is -1.98. The number of hydrogen-bond acceptors (Lipinski definition) is 7. The maximum Gasteiger partial charge on any atom is 0.709 e. The fourth-order valence-corrected chi connectivity index (χ4v) is 5.40. The first-order chi connectivity index (χ1) is 19.8. The van der Waals surface area contributed by atoms with Crippen LogP contribution < -0.4 is 0 Å². The molecule has 0 amide bonds. The molecule has 2 atom stereocenters. The Labute approximate surface area is 246 Å². The highest BCUT2D eigenvalue weighted by molar-refractivity contribution is 7.33. The molecule has 42 heavy (non-hydrogen) atoms. The molecule has 0 radical (unpaired) electrons. The van der Waals surface area contributed by atoms with E-state index < -0.39 is 56.7 Å². The number of rotatable bonds is 20. The zero-order valence-electron chi connectivity index (χ0n) is 24.5. The van der Waals surface area contributed by atoms with E-state index in [2.05, 4.69) is 9.05 Å². The highest BCUT2D eigenvalue weighted by atomic mass is 31.1. The van der Waals surface area contributed by atoms with Gasteiger partial charge in [0.1, 0.15) is 0 Å². The van der Waals surface area contributed by atoms with Gasteiger partial charge < -0.3 is 19.7 Å². The Balaban J connectivity index is 2.00. The minimum atomic E-state index is -4.29. The number of aliphatic hydroxyl groups excluding tert-OH is 2. The van der Waals surface area contributed by atoms with Crippen molar-refractivity contribution in [2.45, 2.75) is 115 Å². The van der Waals surface area contributed by atoms with Gasteiger partial charge >= 0.3 is 20.5 Å². The standard InChI is InChI=1S/C30H42F4O7P/c1-5-27(6-2,38-21-23-15-11-9-12-16-23)25(35)19-29(31,32)40-42(37)41-30(33,34)20-26(36)28(7-3,8-4)39-22-24-17-13-10-14-18-24/h9-18,25-26,35-36H,5-8,19-22H2,1-4H3/q+1. The monoisotopic (exact) mass is 621 g/mol. The second-order valence-electron chi connectivity index (χ2n) is 10.2. The van der Waals surface area contributed by atoms with E-state index in [1.807, 2.05) is 0 Å². The molecule has 0 saturated carbocycles. The molecular formula is C30H42F4O7P+. The summed E-state index contributed by atoms with van der Waals surface area (Å²) >= 11 is 0. The predicted octanol–water partition coefficient (Wildman–Crippen LogP) is 7.92. The van der Waals surface area contributed by atoms with Crippen LogP contribution in [0.1, 0.15) is 77.3 Å². The molecule has 0 spiro atoms. The van der Waals surface area contributed by atoms with Crippen LogP contribution in [0.3, 0.4) is 0 Å². The first kappa shape index (κ1) is 36.2. The van der Waals surface area contributed by atoms with Crippen molar-refractivity contribution < 1.29 is 50.9 Å². The molecule has 0 aliphatic heterocycles.